The number of benzene rings is 2. The smallest absolute Gasteiger partial charge is 0.137 e. The average Bonchev–Trinajstić information content (AvgIpc) is 3.53. The molecular weight excluding hydrogens is 430 g/mol. The molecule has 0 saturated carbocycles. The van der Waals surface area contributed by atoms with Crippen LogP contribution in [-0.2, 0) is 6.42 Å². The number of fused-ring (bicyclic) bond motifs is 1. The van der Waals surface area contributed by atoms with Crippen molar-refractivity contribution in [1.29, 1.82) is 5.26 Å². The van der Waals surface area contributed by atoms with Crippen LogP contribution in [0, 0.1) is 17.2 Å². The van der Waals surface area contributed by atoms with E-state index in [4.69, 9.17) is 9.73 Å². The van der Waals surface area contributed by atoms with Gasteiger partial charge in [0.1, 0.15) is 11.8 Å². The molecule has 2 aromatic carbocycles. The van der Waals surface area contributed by atoms with Crippen molar-refractivity contribution in [3.8, 4) is 11.8 Å². The summed E-state index contributed by atoms with van der Waals surface area (Å²) in [5.74, 6) is 0.914. The van der Waals surface area contributed by atoms with Crippen molar-refractivity contribution in [2.45, 2.75) is 78.9 Å². The lowest BCUT2D eigenvalue weighted by Crippen LogP contribution is -2.23. The number of nitriles is 1. The second-order valence-corrected chi connectivity index (χ2v) is 10.3. The number of ether oxygens (including phenoxy) is 1. The van der Waals surface area contributed by atoms with Gasteiger partial charge in [0.05, 0.1) is 17.4 Å². The first-order chi connectivity index (χ1) is 16.9. The van der Waals surface area contributed by atoms with E-state index >= 15 is 0 Å². The van der Waals surface area contributed by atoms with E-state index in [1.54, 1.807) is 0 Å². The van der Waals surface area contributed by atoms with Gasteiger partial charge in [0, 0.05) is 12.2 Å². The largest absolute Gasteiger partial charge is 0.490 e. The molecule has 0 aromatic heterocycles. The molecule has 0 amide bonds. The Morgan fingerprint density at radius 3 is 2.66 bits per heavy atom. The summed E-state index contributed by atoms with van der Waals surface area (Å²) in [7, 11) is 0. The summed E-state index contributed by atoms with van der Waals surface area (Å²) < 4.78 is 5.82. The molecular formula is C31H39N3O. The summed E-state index contributed by atoms with van der Waals surface area (Å²) in [4.78, 5) is 7.70. The Morgan fingerprint density at radius 2 is 1.97 bits per heavy atom. The van der Waals surface area contributed by atoms with E-state index in [1.165, 1.54) is 54.6 Å². The zero-order chi connectivity index (χ0) is 24.9. The fourth-order valence-electron chi connectivity index (χ4n) is 5.48. The number of aliphatic imine (C=N–C) groups is 1. The summed E-state index contributed by atoms with van der Waals surface area (Å²) in [5.41, 5.74) is 8.11. The molecule has 1 saturated heterocycles. The van der Waals surface area contributed by atoms with Gasteiger partial charge in [-0.3, -0.25) is 9.89 Å². The van der Waals surface area contributed by atoms with Crippen LogP contribution in [0.4, 0.5) is 0 Å². The second-order valence-electron chi connectivity index (χ2n) is 10.3. The van der Waals surface area contributed by atoms with Crippen LogP contribution in [0.25, 0.3) is 5.57 Å². The molecule has 4 nitrogen and oxygen atoms in total. The number of hydrogen-bond acceptors (Lipinski definition) is 4. The lowest BCUT2D eigenvalue weighted by Gasteiger charge is -2.24. The molecule has 0 spiro atoms. The average molecular weight is 470 g/mol. The van der Waals surface area contributed by atoms with Gasteiger partial charge in [-0.05, 0) is 118 Å². The fourth-order valence-corrected chi connectivity index (χ4v) is 5.48. The van der Waals surface area contributed by atoms with Gasteiger partial charge in [-0.15, -0.1) is 0 Å². The molecule has 1 aliphatic carbocycles. The summed E-state index contributed by atoms with van der Waals surface area (Å²) in [6.45, 7) is 13.0. The predicted molar refractivity (Wildman–Crippen MR) is 145 cm³/mol. The minimum Gasteiger partial charge on any atom is -0.490 e. The van der Waals surface area contributed by atoms with Crippen LogP contribution in [0.15, 0.2) is 47.6 Å². The fraction of sp³-hybridized carbons (Fsp3) is 0.484. The third-order valence-electron chi connectivity index (χ3n) is 7.48. The summed E-state index contributed by atoms with van der Waals surface area (Å²) >= 11 is 0. The zero-order valence-corrected chi connectivity index (χ0v) is 22.0. The van der Waals surface area contributed by atoms with Crippen LogP contribution >= 0.6 is 0 Å². The van der Waals surface area contributed by atoms with E-state index in [9.17, 15) is 5.26 Å². The van der Waals surface area contributed by atoms with Gasteiger partial charge in [-0.1, -0.05) is 32.0 Å². The van der Waals surface area contributed by atoms with Crippen molar-refractivity contribution >= 4 is 11.3 Å². The molecule has 184 valence electrons. The minimum atomic E-state index is 0.0268. The van der Waals surface area contributed by atoms with Crippen LogP contribution in [0.2, 0.25) is 0 Å². The molecule has 0 bridgehead atoms. The van der Waals surface area contributed by atoms with Crippen LogP contribution in [-0.4, -0.2) is 29.8 Å². The van der Waals surface area contributed by atoms with Crippen LogP contribution in [0.3, 0.4) is 0 Å². The van der Waals surface area contributed by atoms with Gasteiger partial charge in [-0.2, -0.15) is 5.26 Å². The van der Waals surface area contributed by atoms with Gasteiger partial charge in [0.25, 0.3) is 0 Å². The molecule has 2 atom stereocenters. The van der Waals surface area contributed by atoms with E-state index in [0.29, 0.717) is 17.4 Å². The molecule has 35 heavy (non-hydrogen) atoms. The Kier molecular flexibility index (Phi) is 8.08. The minimum absolute atomic E-state index is 0.0268. The number of likely N-dealkylation sites (tertiary alicyclic amines) is 1. The lowest BCUT2D eigenvalue weighted by atomic mass is 9.94. The lowest BCUT2D eigenvalue weighted by molar-refractivity contribution is 0.241. The van der Waals surface area contributed by atoms with Gasteiger partial charge >= 0.3 is 0 Å². The zero-order valence-electron chi connectivity index (χ0n) is 22.0. The molecule has 4 heteroatoms. The van der Waals surface area contributed by atoms with Crippen molar-refractivity contribution in [2.24, 2.45) is 10.9 Å². The number of allylic oxidation sites excluding steroid dienone is 1. The monoisotopic (exact) mass is 469 g/mol. The van der Waals surface area contributed by atoms with Crippen molar-refractivity contribution in [2.75, 3.05) is 13.1 Å². The highest BCUT2D eigenvalue weighted by molar-refractivity contribution is 6.03. The summed E-state index contributed by atoms with van der Waals surface area (Å²) in [6.07, 6.45) is 8.07. The Morgan fingerprint density at radius 1 is 1.20 bits per heavy atom. The molecule has 2 aromatic rings. The Balaban J connectivity index is 1.66. The van der Waals surface area contributed by atoms with E-state index in [0.717, 1.165) is 24.1 Å². The number of nitrogens with zero attached hydrogens (tertiary/aromatic N) is 3. The summed E-state index contributed by atoms with van der Waals surface area (Å²) in [5, 5.41) is 9.70. The summed E-state index contributed by atoms with van der Waals surface area (Å²) in [6, 6.07) is 15.5. The molecule has 1 heterocycles. The normalized spacial score (nSPS) is 19.6. The molecule has 2 aliphatic rings. The van der Waals surface area contributed by atoms with Crippen molar-refractivity contribution in [3.05, 3.63) is 70.4 Å². The van der Waals surface area contributed by atoms with E-state index < -0.39 is 0 Å². The standard InChI is InChI=1S/C31H39N3O/c1-6-22(4)31(24-12-15-30(35-21(2)3)25(18-24)19-32)33-20-23(5)26-10-9-11-28-27(26)13-14-29(28)34-16-7-8-17-34/h9-12,15,18,20-22,29H,6-8,13-14,16-17H2,1-5H3/b23-20+,33-31+. The quantitative estimate of drug-likeness (QED) is 0.380. The number of rotatable bonds is 8. The predicted octanol–water partition coefficient (Wildman–Crippen LogP) is 7.32. The van der Waals surface area contributed by atoms with Crippen molar-refractivity contribution in [3.63, 3.8) is 0 Å². The first kappa shape index (κ1) is 25.2. The maximum atomic E-state index is 9.70. The highest BCUT2D eigenvalue weighted by Crippen LogP contribution is 2.40. The van der Waals surface area contributed by atoms with E-state index in [1.807, 2.05) is 38.2 Å². The molecule has 0 N–H and O–H groups in total. The first-order valence-electron chi connectivity index (χ1n) is 13.2. The Hall–Kier alpha value is -2.90. The first-order valence-corrected chi connectivity index (χ1v) is 13.2. The topological polar surface area (TPSA) is 48.6 Å². The number of hydrogen-bond donors (Lipinski definition) is 0. The molecule has 1 aliphatic heterocycles. The van der Waals surface area contributed by atoms with Crippen LogP contribution < -0.4 is 4.74 Å². The maximum Gasteiger partial charge on any atom is 0.137 e. The second kappa shape index (κ2) is 11.2. The third-order valence-corrected chi connectivity index (χ3v) is 7.48. The van der Waals surface area contributed by atoms with Gasteiger partial charge in [-0.25, -0.2) is 0 Å². The van der Waals surface area contributed by atoms with Gasteiger partial charge in [0.15, 0.2) is 0 Å². The molecule has 0 radical (unpaired) electrons. The Bertz CT molecular complexity index is 1150. The third kappa shape index (κ3) is 5.52. The van der Waals surface area contributed by atoms with E-state index in [2.05, 4.69) is 49.9 Å². The van der Waals surface area contributed by atoms with Crippen molar-refractivity contribution < 1.29 is 4.74 Å². The molecule has 4 rings (SSSR count). The highest BCUT2D eigenvalue weighted by Gasteiger charge is 2.30. The van der Waals surface area contributed by atoms with Crippen molar-refractivity contribution in [1.82, 2.24) is 4.90 Å². The van der Waals surface area contributed by atoms with Gasteiger partial charge in [0.2, 0.25) is 0 Å². The highest BCUT2D eigenvalue weighted by atomic mass is 16.5. The molecule has 2 unspecified atom stereocenters. The van der Waals surface area contributed by atoms with Crippen LogP contribution in [0.1, 0.15) is 94.2 Å². The van der Waals surface area contributed by atoms with E-state index in [-0.39, 0.29) is 12.0 Å². The SMILES string of the molecule is CCC(C)/C(=N\C=C(/C)c1cccc2c1CCC2N1CCCC1)c1ccc(OC(C)C)c(C#N)c1. The van der Waals surface area contributed by atoms with Gasteiger partial charge < -0.3 is 4.74 Å². The maximum absolute atomic E-state index is 9.70. The Labute approximate surface area is 211 Å². The molecule has 1 fully saturated rings. The van der Waals surface area contributed by atoms with Crippen LogP contribution in [0.5, 0.6) is 5.75 Å².